The van der Waals surface area contributed by atoms with Crippen LogP contribution >= 0.6 is 15.9 Å². The molecule has 0 heterocycles. The zero-order valence-corrected chi connectivity index (χ0v) is 15.6. The first-order valence-corrected chi connectivity index (χ1v) is 8.73. The summed E-state index contributed by atoms with van der Waals surface area (Å²) < 4.78 is 19.9. The Morgan fingerprint density at radius 2 is 1.96 bits per heavy atom. The molecule has 0 aliphatic heterocycles. The van der Waals surface area contributed by atoms with Crippen molar-refractivity contribution in [1.29, 1.82) is 0 Å². The number of hydrogen-bond donors (Lipinski definition) is 0. The van der Waals surface area contributed by atoms with Gasteiger partial charge in [0.2, 0.25) is 0 Å². The van der Waals surface area contributed by atoms with Crippen LogP contribution in [0.4, 0.5) is 10.1 Å². The second-order valence-corrected chi connectivity index (χ2v) is 7.08. The number of halogens is 2. The minimum absolute atomic E-state index is 0.341. The summed E-state index contributed by atoms with van der Waals surface area (Å²) in [4.78, 5) is 6.74. The van der Waals surface area contributed by atoms with Crippen molar-refractivity contribution >= 4 is 28.0 Å². The van der Waals surface area contributed by atoms with E-state index >= 15 is 0 Å². The van der Waals surface area contributed by atoms with Gasteiger partial charge >= 0.3 is 0 Å². The molecule has 1 aliphatic rings. The molecule has 2 aromatic carbocycles. The van der Waals surface area contributed by atoms with Crippen molar-refractivity contribution in [3.63, 3.8) is 0 Å². The zero-order chi connectivity index (χ0) is 17.3. The Morgan fingerprint density at radius 1 is 1.21 bits per heavy atom. The largest absolute Gasteiger partial charge is 0.457 e. The average molecular weight is 391 g/mol. The van der Waals surface area contributed by atoms with Crippen LogP contribution in [0, 0.1) is 19.7 Å². The lowest BCUT2D eigenvalue weighted by Crippen LogP contribution is -2.17. The Balaban J connectivity index is 1.79. The van der Waals surface area contributed by atoms with Crippen LogP contribution in [0.1, 0.15) is 24.0 Å². The number of ether oxygens (including phenoxy) is 1. The molecule has 1 fully saturated rings. The number of nitrogens with zero attached hydrogens (tertiary/aromatic N) is 2. The predicted octanol–water partition coefficient (Wildman–Crippen LogP) is 5.75. The van der Waals surface area contributed by atoms with E-state index in [0.29, 0.717) is 22.0 Å². The normalized spacial score (nSPS) is 14.2. The lowest BCUT2D eigenvalue weighted by atomic mass is 10.1. The van der Waals surface area contributed by atoms with Crippen molar-refractivity contribution in [2.75, 3.05) is 7.05 Å². The predicted molar refractivity (Wildman–Crippen MR) is 99.0 cm³/mol. The zero-order valence-electron chi connectivity index (χ0n) is 14.0. The van der Waals surface area contributed by atoms with E-state index in [-0.39, 0.29) is 5.82 Å². The van der Waals surface area contributed by atoms with E-state index in [2.05, 4.69) is 32.9 Å². The molecular weight excluding hydrogens is 371 g/mol. The highest BCUT2D eigenvalue weighted by molar-refractivity contribution is 9.10. The summed E-state index contributed by atoms with van der Waals surface area (Å²) in [7, 11) is 2.06. The molecule has 0 spiro atoms. The van der Waals surface area contributed by atoms with Crippen LogP contribution in [0.25, 0.3) is 0 Å². The number of hydrogen-bond acceptors (Lipinski definition) is 2. The summed E-state index contributed by atoms with van der Waals surface area (Å²) in [5.74, 6) is 0.845. The number of aryl methyl sites for hydroxylation is 2. The first-order chi connectivity index (χ1) is 11.4. The van der Waals surface area contributed by atoms with Gasteiger partial charge in [-0.3, -0.25) is 0 Å². The molecule has 3 nitrogen and oxygen atoms in total. The Morgan fingerprint density at radius 3 is 2.62 bits per heavy atom. The van der Waals surface area contributed by atoms with Crippen molar-refractivity contribution in [3.8, 4) is 11.5 Å². The maximum atomic E-state index is 13.6. The van der Waals surface area contributed by atoms with E-state index in [1.165, 1.54) is 18.9 Å². The summed E-state index contributed by atoms with van der Waals surface area (Å²) in [5, 5.41) is 0. The molecule has 0 saturated heterocycles. The topological polar surface area (TPSA) is 24.8 Å². The van der Waals surface area contributed by atoms with Gasteiger partial charge in [0, 0.05) is 19.2 Å². The summed E-state index contributed by atoms with van der Waals surface area (Å²) in [5.41, 5.74) is 2.91. The first-order valence-electron chi connectivity index (χ1n) is 7.94. The van der Waals surface area contributed by atoms with E-state index in [9.17, 15) is 4.39 Å². The molecule has 1 saturated carbocycles. The van der Waals surface area contributed by atoms with Gasteiger partial charge in [0.1, 0.15) is 17.3 Å². The molecule has 1 aliphatic carbocycles. The molecule has 0 atom stereocenters. The third-order valence-electron chi connectivity index (χ3n) is 4.11. The number of benzene rings is 2. The van der Waals surface area contributed by atoms with Crippen molar-refractivity contribution in [2.24, 2.45) is 4.99 Å². The van der Waals surface area contributed by atoms with Gasteiger partial charge in [0.25, 0.3) is 0 Å². The molecule has 5 heteroatoms. The number of aliphatic imine (C=N–C) groups is 1. The van der Waals surface area contributed by atoms with Crippen LogP contribution in [0.2, 0.25) is 0 Å². The monoisotopic (exact) mass is 390 g/mol. The van der Waals surface area contributed by atoms with Gasteiger partial charge in [-0.1, -0.05) is 0 Å². The molecular formula is C19H20BrFN2O. The molecule has 3 rings (SSSR count). The Kier molecular flexibility index (Phi) is 4.90. The van der Waals surface area contributed by atoms with Gasteiger partial charge in [-0.25, -0.2) is 9.38 Å². The van der Waals surface area contributed by atoms with E-state index in [4.69, 9.17) is 4.74 Å². The van der Waals surface area contributed by atoms with E-state index in [1.54, 1.807) is 12.1 Å². The highest BCUT2D eigenvalue weighted by atomic mass is 79.9. The van der Waals surface area contributed by atoms with Crippen LogP contribution in [0.15, 0.2) is 39.8 Å². The van der Waals surface area contributed by atoms with Crippen molar-refractivity contribution in [2.45, 2.75) is 32.7 Å². The van der Waals surface area contributed by atoms with Crippen LogP contribution < -0.4 is 4.74 Å². The van der Waals surface area contributed by atoms with Crippen LogP contribution in [-0.4, -0.2) is 24.3 Å². The molecule has 24 heavy (non-hydrogen) atoms. The van der Waals surface area contributed by atoms with Gasteiger partial charge in [-0.2, -0.15) is 0 Å². The van der Waals surface area contributed by atoms with E-state index in [1.807, 2.05) is 32.3 Å². The standard InChI is InChI=1S/C19H20BrFN2O/c1-12-9-19(24-15-6-7-16(20)17(21)10-15)13(2)8-18(12)22-11-23(3)14-4-5-14/h6-11,14H,4-5H2,1-3H3/b22-11+. The van der Waals surface area contributed by atoms with Crippen molar-refractivity contribution in [1.82, 2.24) is 4.90 Å². The maximum absolute atomic E-state index is 13.6. The van der Waals surface area contributed by atoms with Crippen LogP contribution in [0.3, 0.4) is 0 Å². The third kappa shape index (κ3) is 3.96. The Labute approximate surface area is 150 Å². The van der Waals surface area contributed by atoms with Gasteiger partial charge in [-0.15, -0.1) is 0 Å². The molecule has 0 radical (unpaired) electrons. The summed E-state index contributed by atoms with van der Waals surface area (Å²) in [6.07, 6.45) is 4.39. The molecule has 0 N–H and O–H groups in total. The molecule has 0 aromatic heterocycles. The fraction of sp³-hybridized carbons (Fsp3) is 0.316. The second-order valence-electron chi connectivity index (χ2n) is 6.22. The Bertz CT molecular complexity index is 787. The third-order valence-corrected chi connectivity index (χ3v) is 4.76. The van der Waals surface area contributed by atoms with Crippen LogP contribution in [-0.2, 0) is 0 Å². The average Bonchev–Trinajstić information content (AvgIpc) is 3.37. The minimum atomic E-state index is -0.341. The fourth-order valence-electron chi connectivity index (χ4n) is 2.42. The SMILES string of the molecule is Cc1cc(Oc2ccc(Br)c(F)c2)c(C)cc1/N=C/N(C)C1CC1. The molecule has 0 unspecified atom stereocenters. The first kappa shape index (κ1) is 17.0. The maximum Gasteiger partial charge on any atom is 0.141 e. The lowest BCUT2D eigenvalue weighted by Gasteiger charge is -2.13. The second kappa shape index (κ2) is 6.93. The van der Waals surface area contributed by atoms with Crippen LogP contribution in [0.5, 0.6) is 11.5 Å². The van der Waals surface area contributed by atoms with E-state index < -0.39 is 0 Å². The van der Waals surface area contributed by atoms with Gasteiger partial charge in [0.15, 0.2) is 0 Å². The smallest absolute Gasteiger partial charge is 0.141 e. The minimum Gasteiger partial charge on any atom is -0.457 e. The van der Waals surface area contributed by atoms with Crippen molar-refractivity contribution in [3.05, 3.63) is 51.7 Å². The van der Waals surface area contributed by atoms with Crippen molar-refractivity contribution < 1.29 is 9.13 Å². The summed E-state index contributed by atoms with van der Waals surface area (Å²) >= 11 is 3.14. The fourth-order valence-corrected chi connectivity index (χ4v) is 2.67. The Hall–Kier alpha value is -1.88. The van der Waals surface area contributed by atoms with Gasteiger partial charge in [-0.05, 0) is 78.0 Å². The van der Waals surface area contributed by atoms with E-state index in [0.717, 1.165) is 16.8 Å². The molecule has 2 aromatic rings. The van der Waals surface area contributed by atoms with Gasteiger partial charge < -0.3 is 9.64 Å². The summed E-state index contributed by atoms with van der Waals surface area (Å²) in [6, 6.07) is 9.33. The molecule has 0 amide bonds. The lowest BCUT2D eigenvalue weighted by molar-refractivity contribution is 0.472. The number of rotatable bonds is 5. The highest BCUT2D eigenvalue weighted by Gasteiger charge is 2.24. The quantitative estimate of drug-likeness (QED) is 0.479. The van der Waals surface area contributed by atoms with Gasteiger partial charge in [0.05, 0.1) is 16.5 Å². The highest BCUT2D eigenvalue weighted by Crippen LogP contribution is 2.33. The molecule has 126 valence electrons. The summed E-state index contributed by atoms with van der Waals surface area (Å²) in [6.45, 7) is 3.96. The molecule has 0 bridgehead atoms.